The van der Waals surface area contributed by atoms with Gasteiger partial charge in [0.2, 0.25) is 0 Å². The average Bonchev–Trinajstić information content (AvgIpc) is 3.11. The number of rotatable bonds is 14. The molecule has 0 aliphatic heterocycles. The summed E-state index contributed by atoms with van der Waals surface area (Å²) in [5.41, 5.74) is 20.2. The normalized spacial score (nSPS) is 11.8. The first-order chi connectivity index (χ1) is 25.0. The first-order valence-electron chi connectivity index (χ1n) is 17.8. The van der Waals surface area contributed by atoms with Gasteiger partial charge in [0, 0.05) is 72.2 Å². The predicted molar refractivity (Wildman–Crippen MR) is 214 cm³/mol. The predicted octanol–water partition coefficient (Wildman–Crippen LogP) is 4.55. The van der Waals surface area contributed by atoms with E-state index in [9.17, 15) is 9.59 Å². The number of amides is 2. The van der Waals surface area contributed by atoms with Crippen LogP contribution in [0.4, 0.5) is 11.4 Å². The Morgan fingerprint density at radius 3 is 1.40 bits per heavy atom. The van der Waals surface area contributed by atoms with E-state index in [2.05, 4.69) is 37.5 Å². The fourth-order valence-electron chi connectivity index (χ4n) is 6.63. The highest BCUT2D eigenvalue weighted by Gasteiger charge is 2.20. The van der Waals surface area contributed by atoms with Crippen LogP contribution in [0.2, 0.25) is 0 Å². The van der Waals surface area contributed by atoms with Crippen molar-refractivity contribution >= 4 is 66.8 Å². The minimum atomic E-state index is -0.223. The molecule has 11 nitrogen and oxygen atoms in total. The zero-order valence-electron chi connectivity index (χ0n) is 30.8. The fourth-order valence-corrected chi connectivity index (χ4v) is 6.63. The molecule has 270 valence electrons. The number of likely N-dealkylation sites (N-methyl/N-ethyl adjacent to an activating group) is 3. The summed E-state index contributed by atoms with van der Waals surface area (Å²) in [5, 5.41) is 9.93. The molecule has 52 heavy (non-hydrogen) atoms. The molecule has 2 aromatic heterocycles. The standard InChI is InChI=1S/C41H49N9O2/c1-48(2)18-14-28-30-22-26-10-6-8-12-36(26)46-38(30)32(24-34(28)42)40(51)44-16-20-50(5)21-17-45-41(52)33-25-35(43)29(15-19-49(3)4)31-23-27-11-7-9-13-37(27)47-39(31)33/h6-13,22-25H,14-21,42-43H2,1-5H3,(H,44,51)(H,45,52). The third-order valence-electron chi connectivity index (χ3n) is 9.57. The van der Waals surface area contributed by atoms with E-state index in [-0.39, 0.29) is 11.8 Å². The molecule has 2 heterocycles. The molecule has 6 N–H and O–H groups in total. The molecule has 0 saturated heterocycles. The third kappa shape index (κ3) is 8.07. The van der Waals surface area contributed by atoms with E-state index in [1.165, 1.54) is 0 Å². The molecule has 0 radical (unpaired) electrons. The van der Waals surface area contributed by atoms with Gasteiger partial charge in [-0.1, -0.05) is 36.4 Å². The van der Waals surface area contributed by atoms with Crippen molar-refractivity contribution in [3.63, 3.8) is 0 Å². The lowest BCUT2D eigenvalue weighted by atomic mass is 9.97. The molecule has 2 amide bonds. The molecule has 0 saturated carbocycles. The number of aromatic nitrogens is 2. The molecule has 0 aliphatic carbocycles. The maximum atomic E-state index is 13.6. The molecule has 0 bridgehead atoms. The van der Waals surface area contributed by atoms with E-state index < -0.39 is 0 Å². The number of hydrogen-bond acceptors (Lipinski definition) is 9. The number of fused-ring (bicyclic) bond motifs is 4. The number of benzene rings is 4. The molecular formula is C41H49N9O2. The van der Waals surface area contributed by atoms with E-state index in [0.717, 1.165) is 69.6 Å². The van der Waals surface area contributed by atoms with Crippen LogP contribution >= 0.6 is 0 Å². The highest BCUT2D eigenvalue weighted by Crippen LogP contribution is 2.32. The van der Waals surface area contributed by atoms with Crippen molar-refractivity contribution in [2.75, 3.05) is 86.0 Å². The second-order valence-corrected chi connectivity index (χ2v) is 14.1. The number of hydrogen-bond donors (Lipinski definition) is 4. The zero-order chi connectivity index (χ0) is 36.9. The maximum Gasteiger partial charge on any atom is 0.253 e. The van der Waals surface area contributed by atoms with Crippen LogP contribution in [0.1, 0.15) is 31.8 Å². The lowest BCUT2D eigenvalue weighted by Crippen LogP contribution is -2.37. The summed E-state index contributed by atoms with van der Waals surface area (Å²) in [5.74, 6) is -0.447. The Balaban J connectivity index is 1.11. The molecule has 0 aliphatic rings. The summed E-state index contributed by atoms with van der Waals surface area (Å²) >= 11 is 0. The van der Waals surface area contributed by atoms with Crippen LogP contribution in [0.3, 0.4) is 0 Å². The van der Waals surface area contributed by atoms with Crippen LogP contribution in [0.15, 0.2) is 72.8 Å². The highest BCUT2D eigenvalue weighted by atomic mass is 16.2. The largest absolute Gasteiger partial charge is 0.398 e. The number of anilines is 2. The topological polar surface area (TPSA) is 146 Å². The molecule has 6 rings (SSSR count). The van der Waals surface area contributed by atoms with E-state index in [1.54, 1.807) is 12.1 Å². The minimum absolute atomic E-state index is 0.223. The van der Waals surface area contributed by atoms with Gasteiger partial charge in [-0.15, -0.1) is 0 Å². The van der Waals surface area contributed by atoms with Crippen molar-refractivity contribution in [3.8, 4) is 0 Å². The van der Waals surface area contributed by atoms with Gasteiger partial charge in [-0.05, 0) is 95.6 Å². The van der Waals surface area contributed by atoms with Gasteiger partial charge in [-0.3, -0.25) is 9.59 Å². The lowest BCUT2D eigenvalue weighted by molar-refractivity contribution is 0.0950. The number of carbonyl (C=O) groups excluding carboxylic acids is 2. The van der Waals surface area contributed by atoms with Crippen LogP contribution in [0.5, 0.6) is 0 Å². The van der Waals surface area contributed by atoms with Crippen LogP contribution in [0, 0.1) is 0 Å². The molecule has 0 unspecified atom stereocenters. The minimum Gasteiger partial charge on any atom is -0.398 e. The summed E-state index contributed by atoms with van der Waals surface area (Å²) in [6.45, 7) is 3.63. The number of pyridine rings is 2. The van der Waals surface area contributed by atoms with Gasteiger partial charge in [-0.2, -0.15) is 0 Å². The molecule has 11 heteroatoms. The molecule has 0 fully saturated rings. The second kappa shape index (κ2) is 15.9. The first-order valence-corrected chi connectivity index (χ1v) is 17.8. The van der Waals surface area contributed by atoms with Gasteiger partial charge in [0.1, 0.15) is 0 Å². The summed E-state index contributed by atoms with van der Waals surface area (Å²) in [4.78, 5) is 43.3. The second-order valence-electron chi connectivity index (χ2n) is 14.1. The highest BCUT2D eigenvalue weighted by molar-refractivity contribution is 6.11. The van der Waals surface area contributed by atoms with Gasteiger partial charge in [0.25, 0.3) is 11.8 Å². The van der Waals surface area contributed by atoms with E-state index in [1.807, 2.05) is 83.8 Å². The van der Waals surface area contributed by atoms with Gasteiger partial charge >= 0.3 is 0 Å². The average molecular weight is 700 g/mol. The van der Waals surface area contributed by atoms with Crippen molar-refractivity contribution in [1.82, 2.24) is 35.3 Å². The van der Waals surface area contributed by atoms with Crippen molar-refractivity contribution in [3.05, 3.63) is 95.1 Å². The molecule has 0 atom stereocenters. The van der Waals surface area contributed by atoms with Gasteiger partial charge < -0.3 is 36.8 Å². The number of nitrogens with zero attached hydrogens (tertiary/aromatic N) is 5. The molecular weight excluding hydrogens is 651 g/mol. The van der Waals surface area contributed by atoms with Crippen LogP contribution in [0.25, 0.3) is 43.6 Å². The van der Waals surface area contributed by atoms with Gasteiger partial charge in [-0.25, -0.2) is 9.97 Å². The Hall–Kier alpha value is -5.36. The zero-order valence-corrected chi connectivity index (χ0v) is 30.8. The molecule has 0 spiro atoms. The van der Waals surface area contributed by atoms with Crippen LogP contribution in [-0.2, 0) is 12.8 Å². The Bertz CT molecular complexity index is 2110. The maximum absolute atomic E-state index is 13.6. The van der Waals surface area contributed by atoms with Gasteiger partial charge in [0.05, 0.1) is 33.2 Å². The number of carbonyl (C=O) groups is 2. The number of nitrogens with one attached hydrogen (secondary N) is 2. The Morgan fingerprint density at radius 1 is 0.596 bits per heavy atom. The van der Waals surface area contributed by atoms with Crippen molar-refractivity contribution in [1.29, 1.82) is 0 Å². The molecule has 4 aromatic carbocycles. The molecule has 6 aromatic rings. The lowest BCUT2D eigenvalue weighted by Gasteiger charge is -2.19. The van der Waals surface area contributed by atoms with Crippen LogP contribution in [-0.4, -0.2) is 111 Å². The Labute approximate surface area is 305 Å². The van der Waals surface area contributed by atoms with Crippen molar-refractivity contribution < 1.29 is 9.59 Å². The third-order valence-corrected chi connectivity index (χ3v) is 9.57. The van der Waals surface area contributed by atoms with Gasteiger partial charge in [0.15, 0.2) is 0 Å². The SMILES string of the molecule is CN(C)CCc1c(N)cc(C(=O)NCCN(C)CCNC(=O)c2cc(N)c(CCN(C)C)c3cc4ccccc4nc23)c2nc3ccccc3cc12. The van der Waals surface area contributed by atoms with E-state index >= 15 is 0 Å². The van der Waals surface area contributed by atoms with Crippen LogP contribution < -0.4 is 22.1 Å². The monoisotopic (exact) mass is 699 g/mol. The smallest absolute Gasteiger partial charge is 0.253 e. The number of nitrogens with two attached hydrogens (primary N) is 2. The first kappa shape index (κ1) is 36.4. The number of para-hydroxylation sites is 2. The summed E-state index contributed by atoms with van der Waals surface area (Å²) in [6.07, 6.45) is 1.50. The van der Waals surface area contributed by atoms with E-state index in [0.29, 0.717) is 59.7 Å². The quantitative estimate of drug-likeness (QED) is 0.0951. The Morgan fingerprint density at radius 2 is 1.00 bits per heavy atom. The van der Waals surface area contributed by atoms with Crippen molar-refractivity contribution in [2.45, 2.75) is 12.8 Å². The summed E-state index contributed by atoms with van der Waals surface area (Å²) in [7, 11) is 10.1. The Kier molecular flexibility index (Phi) is 11.1. The summed E-state index contributed by atoms with van der Waals surface area (Å²) < 4.78 is 0. The summed E-state index contributed by atoms with van der Waals surface area (Å²) in [6, 6.07) is 23.5. The fraction of sp³-hybridized carbons (Fsp3) is 0.317. The van der Waals surface area contributed by atoms with Crippen molar-refractivity contribution in [2.24, 2.45) is 0 Å². The van der Waals surface area contributed by atoms with E-state index in [4.69, 9.17) is 21.4 Å². The number of nitrogen functional groups attached to an aromatic ring is 2.